The molecule has 0 aliphatic carbocycles. The van der Waals surface area contributed by atoms with E-state index in [1.54, 1.807) is 4.90 Å². The van der Waals surface area contributed by atoms with Crippen LogP contribution < -0.4 is 15.6 Å². The van der Waals surface area contributed by atoms with E-state index in [0.717, 1.165) is 5.69 Å². The molecule has 144 valence electrons. The first-order valence-electron chi connectivity index (χ1n) is 8.05. The Bertz CT molecular complexity index is 867. The van der Waals surface area contributed by atoms with Crippen molar-refractivity contribution >= 4 is 6.03 Å². The Kier molecular flexibility index (Phi) is 5.28. The molecule has 0 atom stereocenters. The SMILES string of the molecule is O=C(NCc1ccc(OCC(F)(F)F)nc1)N1CCc2n[nH]c(=O)cc2C1. The summed E-state index contributed by atoms with van der Waals surface area (Å²) in [6, 6.07) is 3.93. The van der Waals surface area contributed by atoms with Gasteiger partial charge in [-0.15, -0.1) is 0 Å². The fourth-order valence-corrected chi connectivity index (χ4v) is 2.57. The molecule has 27 heavy (non-hydrogen) atoms. The van der Waals surface area contributed by atoms with Gasteiger partial charge in [-0.1, -0.05) is 6.07 Å². The summed E-state index contributed by atoms with van der Waals surface area (Å²) < 4.78 is 40.8. The van der Waals surface area contributed by atoms with Crippen LogP contribution >= 0.6 is 0 Å². The van der Waals surface area contributed by atoms with Crippen molar-refractivity contribution in [2.24, 2.45) is 0 Å². The van der Waals surface area contributed by atoms with Gasteiger partial charge in [-0.05, 0) is 5.56 Å². The van der Waals surface area contributed by atoms with Gasteiger partial charge in [0.2, 0.25) is 5.88 Å². The number of fused-ring (bicyclic) bond motifs is 1. The number of hydrogen-bond donors (Lipinski definition) is 2. The van der Waals surface area contributed by atoms with Crippen LogP contribution in [0.1, 0.15) is 16.8 Å². The van der Waals surface area contributed by atoms with E-state index in [-0.39, 0.29) is 30.6 Å². The minimum absolute atomic E-state index is 0.146. The van der Waals surface area contributed by atoms with E-state index in [9.17, 15) is 22.8 Å². The molecule has 3 heterocycles. The lowest BCUT2D eigenvalue weighted by atomic mass is 10.1. The van der Waals surface area contributed by atoms with Gasteiger partial charge in [0.1, 0.15) is 0 Å². The van der Waals surface area contributed by atoms with Crippen LogP contribution in [0.2, 0.25) is 0 Å². The van der Waals surface area contributed by atoms with Gasteiger partial charge >= 0.3 is 12.2 Å². The van der Waals surface area contributed by atoms with Crippen LogP contribution in [0.4, 0.5) is 18.0 Å². The summed E-state index contributed by atoms with van der Waals surface area (Å²) >= 11 is 0. The van der Waals surface area contributed by atoms with E-state index >= 15 is 0 Å². The van der Waals surface area contributed by atoms with Gasteiger partial charge < -0.3 is 15.0 Å². The number of rotatable bonds is 4. The van der Waals surface area contributed by atoms with Crippen LogP contribution in [0.25, 0.3) is 0 Å². The van der Waals surface area contributed by atoms with Crippen molar-refractivity contribution in [2.45, 2.75) is 25.7 Å². The average molecular weight is 383 g/mol. The molecule has 3 rings (SSSR count). The molecule has 0 spiro atoms. The normalized spacial score (nSPS) is 13.8. The maximum Gasteiger partial charge on any atom is 0.422 e. The summed E-state index contributed by atoms with van der Waals surface area (Å²) in [6.45, 7) is -0.520. The number of ether oxygens (including phenoxy) is 1. The highest BCUT2D eigenvalue weighted by atomic mass is 19.4. The fraction of sp³-hybridized carbons (Fsp3) is 0.375. The van der Waals surface area contributed by atoms with Crippen molar-refractivity contribution in [1.82, 2.24) is 25.4 Å². The molecular formula is C16H16F3N5O3. The van der Waals surface area contributed by atoms with E-state index in [4.69, 9.17) is 0 Å². The van der Waals surface area contributed by atoms with E-state index in [0.29, 0.717) is 24.1 Å². The fourth-order valence-electron chi connectivity index (χ4n) is 2.57. The van der Waals surface area contributed by atoms with Gasteiger partial charge in [-0.25, -0.2) is 14.9 Å². The quantitative estimate of drug-likeness (QED) is 0.831. The third kappa shape index (κ3) is 5.19. The molecule has 8 nitrogen and oxygen atoms in total. The Morgan fingerprint density at radius 1 is 1.37 bits per heavy atom. The summed E-state index contributed by atoms with van der Waals surface area (Å²) in [5.74, 6) is -0.146. The summed E-state index contributed by atoms with van der Waals surface area (Å²) in [5.41, 5.74) is 1.75. The predicted molar refractivity (Wildman–Crippen MR) is 87.0 cm³/mol. The number of urea groups is 1. The van der Waals surface area contributed by atoms with Crippen molar-refractivity contribution in [3.05, 3.63) is 51.6 Å². The molecule has 0 aromatic carbocycles. The molecule has 1 aliphatic heterocycles. The van der Waals surface area contributed by atoms with Crippen molar-refractivity contribution in [3.8, 4) is 5.88 Å². The molecular weight excluding hydrogens is 367 g/mol. The summed E-state index contributed by atoms with van der Waals surface area (Å²) in [7, 11) is 0. The van der Waals surface area contributed by atoms with E-state index in [1.165, 1.54) is 24.4 Å². The smallest absolute Gasteiger partial charge is 0.422 e. The number of aromatic amines is 1. The Morgan fingerprint density at radius 3 is 2.89 bits per heavy atom. The van der Waals surface area contributed by atoms with Crippen LogP contribution in [0, 0.1) is 0 Å². The Hall–Kier alpha value is -3.11. The van der Waals surface area contributed by atoms with Crippen molar-refractivity contribution in [3.63, 3.8) is 0 Å². The van der Waals surface area contributed by atoms with E-state index in [2.05, 4.69) is 25.2 Å². The Labute approximate surface area is 151 Å². The molecule has 0 bridgehead atoms. The van der Waals surface area contributed by atoms with E-state index in [1.807, 2.05) is 0 Å². The summed E-state index contributed by atoms with van der Waals surface area (Å²) in [6.07, 6.45) is -2.56. The van der Waals surface area contributed by atoms with Gasteiger partial charge in [-0.3, -0.25) is 4.79 Å². The second-order valence-corrected chi connectivity index (χ2v) is 5.94. The molecule has 0 saturated carbocycles. The zero-order valence-corrected chi connectivity index (χ0v) is 14.0. The molecule has 0 radical (unpaired) electrons. The molecule has 0 unspecified atom stereocenters. The van der Waals surface area contributed by atoms with Crippen LogP contribution in [0.3, 0.4) is 0 Å². The molecule has 0 saturated heterocycles. The highest BCUT2D eigenvalue weighted by Crippen LogP contribution is 2.17. The number of amides is 2. The molecule has 1 aliphatic rings. The number of aromatic nitrogens is 3. The Balaban J connectivity index is 1.51. The molecule has 11 heteroatoms. The lowest BCUT2D eigenvalue weighted by Gasteiger charge is -2.27. The molecule has 2 aromatic heterocycles. The number of nitrogens with one attached hydrogen (secondary N) is 2. The third-order valence-corrected chi connectivity index (χ3v) is 3.87. The van der Waals surface area contributed by atoms with Crippen LogP contribution in [0.15, 0.2) is 29.2 Å². The van der Waals surface area contributed by atoms with Gasteiger partial charge in [0.15, 0.2) is 6.61 Å². The molecule has 0 fully saturated rings. The standard InChI is InChI=1S/C16H16F3N5O3/c17-16(18,19)9-27-14-2-1-10(6-20-14)7-21-15(26)24-4-3-12-11(8-24)5-13(25)23-22-12/h1-2,5-6H,3-4,7-9H2,(H,21,26)(H,23,25). The number of carbonyl (C=O) groups excluding carboxylic acids is 1. The van der Waals surface area contributed by atoms with Gasteiger partial charge in [0.05, 0.1) is 5.69 Å². The number of pyridine rings is 1. The molecule has 2 N–H and O–H groups in total. The number of hydrogen-bond acceptors (Lipinski definition) is 5. The zero-order valence-electron chi connectivity index (χ0n) is 14.0. The number of halogens is 3. The van der Waals surface area contributed by atoms with E-state index < -0.39 is 12.8 Å². The predicted octanol–water partition coefficient (Wildman–Crippen LogP) is 1.37. The average Bonchev–Trinajstić information content (AvgIpc) is 2.64. The maximum atomic E-state index is 12.3. The second-order valence-electron chi connectivity index (χ2n) is 5.94. The minimum atomic E-state index is -4.43. The summed E-state index contributed by atoms with van der Waals surface area (Å²) in [4.78, 5) is 29.0. The Morgan fingerprint density at radius 2 is 2.19 bits per heavy atom. The van der Waals surface area contributed by atoms with Gasteiger partial charge in [0, 0.05) is 49.9 Å². The molecule has 2 aromatic rings. The van der Waals surface area contributed by atoms with Crippen LogP contribution in [-0.4, -0.2) is 45.4 Å². The first-order chi connectivity index (χ1) is 12.8. The van der Waals surface area contributed by atoms with Gasteiger partial charge in [-0.2, -0.15) is 18.3 Å². The maximum absolute atomic E-state index is 12.3. The first-order valence-corrected chi connectivity index (χ1v) is 8.05. The topological polar surface area (TPSA) is 100 Å². The number of alkyl halides is 3. The largest absolute Gasteiger partial charge is 0.468 e. The van der Waals surface area contributed by atoms with Crippen molar-refractivity contribution < 1.29 is 22.7 Å². The minimum Gasteiger partial charge on any atom is -0.468 e. The van der Waals surface area contributed by atoms with Crippen molar-refractivity contribution in [1.29, 1.82) is 0 Å². The van der Waals surface area contributed by atoms with Crippen molar-refractivity contribution in [2.75, 3.05) is 13.2 Å². The summed E-state index contributed by atoms with van der Waals surface area (Å²) in [5, 5.41) is 9.04. The second kappa shape index (κ2) is 7.64. The lowest BCUT2D eigenvalue weighted by Crippen LogP contribution is -2.43. The zero-order chi connectivity index (χ0) is 19.4. The van der Waals surface area contributed by atoms with Gasteiger partial charge in [0.25, 0.3) is 5.56 Å². The third-order valence-electron chi connectivity index (χ3n) is 3.87. The highest BCUT2D eigenvalue weighted by molar-refractivity contribution is 5.74. The number of H-pyrrole nitrogens is 1. The van der Waals surface area contributed by atoms with Crippen LogP contribution in [0.5, 0.6) is 5.88 Å². The number of carbonyl (C=O) groups is 1. The van der Waals surface area contributed by atoms with Crippen LogP contribution in [-0.2, 0) is 19.5 Å². The first kappa shape index (κ1) is 18.7. The highest BCUT2D eigenvalue weighted by Gasteiger charge is 2.28. The molecule has 2 amide bonds. The lowest BCUT2D eigenvalue weighted by molar-refractivity contribution is -0.154. The monoisotopic (exact) mass is 383 g/mol. The number of nitrogens with zero attached hydrogens (tertiary/aromatic N) is 3.